The molecule has 0 unspecified atom stereocenters. The minimum absolute atomic E-state index is 0.116. The summed E-state index contributed by atoms with van der Waals surface area (Å²) in [4.78, 5) is 14.2. The van der Waals surface area contributed by atoms with Gasteiger partial charge in [0.15, 0.2) is 11.5 Å². The molecule has 0 aliphatic carbocycles. The maximum absolute atomic E-state index is 12.3. The quantitative estimate of drug-likeness (QED) is 0.871. The van der Waals surface area contributed by atoms with Crippen molar-refractivity contribution in [2.75, 3.05) is 46.3 Å². The van der Waals surface area contributed by atoms with Crippen molar-refractivity contribution in [3.8, 4) is 17.2 Å². The molecule has 1 fully saturated rings. The van der Waals surface area contributed by atoms with Crippen LogP contribution in [0.15, 0.2) is 12.1 Å². The van der Waals surface area contributed by atoms with Gasteiger partial charge in [-0.2, -0.15) is 0 Å². The summed E-state index contributed by atoms with van der Waals surface area (Å²) in [6, 6.07) is 3.60. The molecular formula is C17H26N2O4. The van der Waals surface area contributed by atoms with E-state index in [0.29, 0.717) is 23.2 Å². The number of ether oxygens (including phenoxy) is 3. The van der Waals surface area contributed by atoms with Crippen molar-refractivity contribution >= 4 is 11.6 Å². The molecule has 1 aliphatic rings. The smallest absolute Gasteiger partial charge is 0.241 e. The van der Waals surface area contributed by atoms with Gasteiger partial charge in [-0.05, 0) is 18.8 Å². The number of benzene rings is 1. The van der Waals surface area contributed by atoms with Crippen LogP contribution in [0, 0.1) is 5.92 Å². The van der Waals surface area contributed by atoms with Gasteiger partial charge in [0.1, 0.15) is 0 Å². The molecule has 0 atom stereocenters. The normalized spacial score (nSPS) is 15.2. The average molecular weight is 322 g/mol. The van der Waals surface area contributed by atoms with Crippen LogP contribution < -0.4 is 19.5 Å². The van der Waals surface area contributed by atoms with E-state index in [1.54, 1.807) is 33.5 Å². The number of nitrogens with zero attached hydrogens (tertiary/aromatic N) is 1. The molecular weight excluding hydrogens is 296 g/mol. The Bertz CT molecular complexity index is 514. The fourth-order valence-electron chi connectivity index (χ4n) is 2.73. The highest BCUT2D eigenvalue weighted by molar-refractivity contribution is 5.81. The minimum atomic E-state index is 0.116. The van der Waals surface area contributed by atoms with Gasteiger partial charge in [0.05, 0.1) is 27.9 Å². The van der Waals surface area contributed by atoms with E-state index in [2.05, 4.69) is 12.2 Å². The van der Waals surface area contributed by atoms with Gasteiger partial charge in [-0.1, -0.05) is 6.92 Å². The second kappa shape index (κ2) is 7.94. The van der Waals surface area contributed by atoms with Gasteiger partial charge in [-0.25, -0.2) is 0 Å². The van der Waals surface area contributed by atoms with Gasteiger partial charge in [-0.3, -0.25) is 4.79 Å². The number of carbonyl (C=O) groups is 1. The van der Waals surface area contributed by atoms with E-state index in [9.17, 15) is 4.79 Å². The SMILES string of the molecule is COc1cc(NCC(=O)N2CCC(C)CC2)cc(OC)c1OC. The molecule has 1 saturated heterocycles. The average Bonchev–Trinajstić information content (AvgIpc) is 2.59. The molecule has 128 valence electrons. The lowest BCUT2D eigenvalue weighted by molar-refractivity contribution is -0.130. The van der Waals surface area contributed by atoms with E-state index in [1.807, 2.05) is 4.90 Å². The Morgan fingerprint density at radius 2 is 1.70 bits per heavy atom. The van der Waals surface area contributed by atoms with E-state index in [4.69, 9.17) is 14.2 Å². The number of anilines is 1. The van der Waals surface area contributed by atoms with Crippen molar-refractivity contribution in [1.82, 2.24) is 4.90 Å². The zero-order valence-electron chi connectivity index (χ0n) is 14.3. The third-order valence-corrected chi connectivity index (χ3v) is 4.24. The zero-order chi connectivity index (χ0) is 16.8. The fourth-order valence-corrected chi connectivity index (χ4v) is 2.73. The maximum Gasteiger partial charge on any atom is 0.241 e. The van der Waals surface area contributed by atoms with Crippen LogP contribution in [0.2, 0.25) is 0 Å². The summed E-state index contributed by atoms with van der Waals surface area (Å²) in [7, 11) is 4.70. The van der Waals surface area contributed by atoms with E-state index in [1.165, 1.54) is 0 Å². The minimum Gasteiger partial charge on any atom is -0.493 e. The topological polar surface area (TPSA) is 60.0 Å². The number of amides is 1. The number of carbonyl (C=O) groups excluding carboxylic acids is 1. The Kier molecular flexibility index (Phi) is 5.96. The third kappa shape index (κ3) is 4.21. The number of methoxy groups -OCH3 is 3. The molecule has 0 radical (unpaired) electrons. The van der Waals surface area contributed by atoms with Crippen LogP contribution >= 0.6 is 0 Å². The molecule has 1 aliphatic heterocycles. The summed E-state index contributed by atoms with van der Waals surface area (Å²) in [6.45, 7) is 4.18. The summed E-state index contributed by atoms with van der Waals surface area (Å²) in [5.74, 6) is 2.49. The van der Waals surface area contributed by atoms with Crippen LogP contribution in [0.4, 0.5) is 5.69 Å². The molecule has 1 N–H and O–H groups in total. The molecule has 6 heteroatoms. The van der Waals surface area contributed by atoms with Crippen molar-refractivity contribution in [2.24, 2.45) is 5.92 Å². The molecule has 2 rings (SSSR count). The van der Waals surface area contributed by atoms with Crippen molar-refractivity contribution in [1.29, 1.82) is 0 Å². The highest BCUT2D eigenvalue weighted by atomic mass is 16.5. The zero-order valence-corrected chi connectivity index (χ0v) is 14.3. The van der Waals surface area contributed by atoms with E-state index in [0.717, 1.165) is 31.6 Å². The van der Waals surface area contributed by atoms with Crippen LogP contribution in [0.5, 0.6) is 17.2 Å². The Hall–Kier alpha value is -2.11. The number of hydrogen-bond donors (Lipinski definition) is 1. The fraction of sp³-hybridized carbons (Fsp3) is 0.588. The Balaban J connectivity index is 2.01. The molecule has 0 bridgehead atoms. The van der Waals surface area contributed by atoms with Crippen molar-refractivity contribution in [2.45, 2.75) is 19.8 Å². The highest BCUT2D eigenvalue weighted by Crippen LogP contribution is 2.39. The van der Waals surface area contributed by atoms with Crippen molar-refractivity contribution < 1.29 is 19.0 Å². The summed E-state index contributed by atoms with van der Waals surface area (Å²) in [5, 5.41) is 3.15. The van der Waals surface area contributed by atoms with Crippen LogP contribution in [-0.4, -0.2) is 51.8 Å². The van der Waals surface area contributed by atoms with Crippen LogP contribution in [0.3, 0.4) is 0 Å². The monoisotopic (exact) mass is 322 g/mol. The summed E-state index contributed by atoms with van der Waals surface area (Å²) in [6.07, 6.45) is 2.16. The third-order valence-electron chi connectivity index (χ3n) is 4.24. The Morgan fingerprint density at radius 1 is 1.13 bits per heavy atom. The van der Waals surface area contributed by atoms with Gasteiger partial charge in [0.2, 0.25) is 11.7 Å². The van der Waals surface area contributed by atoms with Crippen molar-refractivity contribution in [3.63, 3.8) is 0 Å². The molecule has 1 aromatic rings. The maximum atomic E-state index is 12.3. The highest BCUT2D eigenvalue weighted by Gasteiger charge is 2.20. The first-order valence-electron chi connectivity index (χ1n) is 7.90. The second-order valence-corrected chi connectivity index (χ2v) is 5.83. The molecule has 1 amide bonds. The molecule has 6 nitrogen and oxygen atoms in total. The predicted molar refractivity (Wildman–Crippen MR) is 89.6 cm³/mol. The molecule has 0 spiro atoms. The molecule has 0 saturated carbocycles. The van der Waals surface area contributed by atoms with E-state index < -0.39 is 0 Å². The van der Waals surface area contributed by atoms with Crippen LogP contribution in [0.25, 0.3) is 0 Å². The summed E-state index contributed by atoms with van der Waals surface area (Å²) < 4.78 is 15.9. The molecule has 1 heterocycles. The number of likely N-dealkylation sites (tertiary alicyclic amines) is 1. The van der Waals surface area contributed by atoms with E-state index >= 15 is 0 Å². The first-order valence-corrected chi connectivity index (χ1v) is 7.90. The second-order valence-electron chi connectivity index (χ2n) is 5.83. The largest absolute Gasteiger partial charge is 0.493 e. The number of piperidine rings is 1. The molecule has 0 aromatic heterocycles. The van der Waals surface area contributed by atoms with Crippen molar-refractivity contribution in [3.05, 3.63) is 12.1 Å². The van der Waals surface area contributed by atoms with E-state index in [-0.39, 0.29) is 12.5 Å². The number of rotatable bonds is 6. The standard InChI is InChI=1S/C17H26N2O4/c1-12-5-7-19(8-6-12)16(20)11-18-13-9-14(21-2)17(23-4)15(10-13)22-3/h9-10,12,18H,5-8,11H2,1-4H3. The summed E-state index contributed by atoms with van der Waals surface area (Å²) >= 11 is 0. The lowest BCUT2D eigenvalue weighted by atomic mass is 9.99. The number of hydrogen-bond acceptors (Lipinski definition) is 5. The van der Waals surface area contributed by atoms with Gasteiger partial charge >= 0.3 is 0 Å². The van der Waals surface area contributed by atoms with Gasteiger partial charge in [-0.15, -0.1) is 0 Å². The first-order chi connectivity index (χ1) is 11.1. The first kappa shape index (κ1) is 17.2. The lowest BCUT2D eigenvalue weighted by Crippen LogP contribution is -2.40. The lowest BCUT2D eigenvalue weighted by Gasteiger charge is -2.30. The predicted octanol–water partition coefficient (Wildman–Crippen LogP) is 2.38. The molecule has 1 aromatic carbocycles. The Morgan fingerprint density at radius 3 is 2.17 bits per heavy atom. The Labute approximate surface area is 137 Å². The van der Waals surface area contributed by atoms with Crippen LogP contribution in [0.1, 0.15) is 19.8 Å². The van der Waals surface area contributed by atoms with Gasteiger partial charge in [0.25, 0.3) is 0 Å². The number of nitrogens with one attached hydrogen (secondary N) is 1. The van der Waals surface area contributed by atoms with Crippen LogP contribution in [-0.2, 0) is 4.79 Å². The van der Waals surface area contributed by atoms with Gasteiger partial charge < -0.3 is 24.4 Å². The molecule has 23 heavy (non-hydrogen) atoms. The van der Waals surface area contributed by atoms with Gasteiger partial charge in [0, 0.05) is 30.9 Å². The summed E-state index contributed by atoms with van der Waals surface area (Å²) in [5.41, 5.74) is 0.762.